The number of esters is 1. The minimum absolute atomic E-state index is 0.0269. The molecule has 0 bridgehead atoms. The van der Waals surface area contributed by atoms with Crippen LogP contribution in [0, 0.1) is 12.8 Å². The molecule has 1 N–H and O–H groups in total. The molecule has 1 amide bonds. The van der Waals surface area contributed by atoms with Crippen molar-refractivity contribution in [2.24, 2.45) is 5.92 Å². The Morgan fingerprint density at radius 2 is 2.20 bits per heavy atom. The van der Waals surface area contributed by atoms with E-state index in [4.69, 9.17) is 4.74 Å². The first kappa shape index (κ1) is 14.9. The SMILES string of the molecule is COC(=O)C1CCN(CC(=O)Nc2nc(C)cs2)CC1. The molecule has 1 aromatic rings. The lowest BCUT2D eigenvalue weighted by Gasteiger charge is -2.29. The summed E-state index contributed by atoms with van der Waals surface area (Å²) in [6.07, 6.45) is 1.49. The van der Waals surface area contributed by atoms with Crippen molar-refractivity contribution in [2.75, 3.05) is 32.1 Å². The van der Waals surface area contributed by atoms with Crippen LogP contribution in [0.2, 0.25) is 0 Å². The van der Waals surface area contributed by atoms with E-state index in [9.17, 15) is 9.59 Å². The van der Waals surface area contributed by atoms with Crippen LogP contribution in [-0.2, 0) is 14.3 Å². The van der Waals surface area contributed by atoms with Gasteiger partial charge in [-0.3, -0.25) is 14.5 Å². The molecule has 1 aliphatic rings. The number of rotatable bonds is 4. The summed E-state index contributed by atoms with van der Waals surface area (Å²) in [4.78, 5) is 29.5. The minimum Gasteiger partial charge on any atom is -0.469 e. The van der Waals surface area contributed by atoms with Crippen molar-refractivity contribution in [1.29, 1.82) is 0 Å². The number of nitrogens with zero attached hydrogens (tertiary/aromatic N) is 2. The normalized spacial score (nSPS) is 16.9. The molecule has 110 valence electrons. The topological polar surface area (TPSA) is 71.5 Å². The Hall–Kier alpha value is -1.47. The van der Waals surface area contributed by atoms with Crippen molar-refractivity contribution in [1.82, 2.24) is 9.88 Å². The second-order valence-electron chi connectivity index (χ2n) is 4.92. The highest BCUT2D eigenvalue weighted by Crippen LogP contribution is 2.19. The first-order valence-electron chi connectivity index (χ1n) is 6.60. The van der Waals surface area contributed by atoms with Gasteiger partial charge in [-0.2, -0.15) is 0 Å². The van der Waals surface area contributed by atoms with Gasteiger partial charge < -0.3 is 10.1 Å². The molecule has 1 aliphatic heterocycles. The molecule has 0 radical (unpaired) electrons. The van der Waals surface area contributed by atoms with E-state index in [-0.39, 0.29) is 17.8 Å². The second kappa shape index (κ2) is 6.81. The Labute approximate surface area is 122 Å². The monoisotopic (exact) mass is 297 g/mol. The smallest absolute Gasteiger partial charge is 0.308 e. The standard InChI is InChI=1S/C13H19N3O3S/c1-9-8-20-13(14-9)15-11(17)7-16-5-3-10(4-6-16)12(18)19-2/h8,10H,3-7H2,1-2H3,(H,14,15,17). The van der Waals surface area contributed by atoms with Crippen molar-refractivity contribution in [2.45, 2.75) is 19.8 Å². The molecule has 0 spiro atoms. The molecule has 0 atom stereocenters. The average Bonchev–Trinajstić information content (AvgIpc) is 2.84. The number of aromatic nitrogens is 1. The van der Waals surface area contributed by atoms with Crippen LogP contribution in [0.5, 0.6) is 0 Å². The Bertz CT molecular complexity index is 481. The number of nitrogens with one attached hydrogen (secondary N) is 1. The Kier molecular flexibility index (Phi) is 5.08. The molecule has 2 rings (SSSR count). The number of methoxy groups -OCH3 is 1. The zero-order valence-corrected chi connectivity index (χ0v) is 12.5. The van der Waals surface area contributed by atoms with E-state index in [1.54, 1.807) is 0 Å². The van der Waals surface area contributed by atoms with Gasteiger partial charge in [0.25, 0.3) is 0 Å². The number of hydrogen-bond donors (Lipinski definition) is 1. The molecular formula is C13H19N3O3S. The zero-order valence-electron chi connectivity index (χ0n) is 11.7. The van der Waals surface area contributed by atoms with Crippen LogP contribution in [0.25, 0.3) is 0 Å². The van der Waals surface area contributed by atoms with E-state index >= 15 is 0 Å². The summed E-state index contributed by atoms with van der Waals surface area (Å²) in [5.41, 5.74) is 0.907. The largest absolute Gasteiger partial charge is 0.469 e. The maximum atomic E-state index is 11.9. The number of carbonyl (C=O) groups is 2. The fraction of sp³-hybridized carbons (Fsp3) is 0.615. The number of amides is 1. The Balaban J connectivity index is 1.75. The number of aryl methyl sites for hydroxylation is 1. The number of anilines is 1. The highest BCUT2D eigenvalue weighted by molar-refractivity contribution is 7.13. The lowest BCUT2D eigenvalue weighted by molar-refractivity contribution is -0.147. The summed E-state index contributed by atoms with van der Waals surface area (Å²) in [5, 5.41) is 5.33. The summed E-state index contributed by atoms with van der Waals surface area (Å²) in [6, 6.07) is 0. The number of carbonyl (C=O) groups excluding carboxylic acids is 2. The van der Waals surface area contributed by atoms with Crippen LogP contribution in [-0.4, -0.2) is 48.5 Å². The molecule has 7 heteroatoms. The molecule has 20 heavy (non-hydrogen) atoms. The minimum atomic E-state index is -0.146. The predicted molar refractivity (Wildman–Crippen MR) is 76.7 cm³/mol. The third-order valence-electron chi connectivity index (χ3n) is 3.35. The van der Waals surface area contributed by atoms with E-state index in [1.165, 1.54) is 18.4 Å². The van der Waals surface area contributed by atoms with Crippen LogP contribution >= 0.6 is 11.3 Å². The molecule has 1 fully saturated rings. The molecule has 0 aromatic carbocycles. The summed E-state index contributed by atoms with van der Waals surface area (Å²) >= 11 is 1.42. The third kappa shape index (κ3) is 4.01. The molecule has 0 unspecified atom stereocenters. The first-order valence-corrected chi connectivity index (χ1v) is 7.48. The van der Waals surface area contributed by atoms with Crippen LogP contribution in [0.15, 0.2) is 5.38 Å². The van der Waals surface area contributed by atoms with Gasteiger partial charge in [-0.25, -0.2) is 4.98 Å². The molecule has 1 saturated heterocycles. The summed E-state index contributed by atoms with van der Waals surface area (Å²) < 4.78 is 4.74. The van der Waals surface area contributed by atoms with Gasteiger partial charge in [0.05, 0.1) is 25.3 Å². The second-order valence-corrected chi connectivity index (χ2v) is 5.77. The molecule has 6 nitrogen and oxygen atoms in total. The van der Waals surface area contributed by atoms with Gasteiger partial charge in [0.2, 0.25) is 5.91 Å². The highest BCUT2D eigenvalue weighted by Gasteiger charge is 2.26. The molecule has 0 saturated carbocycles. The van der Waals surface area contributed by atoms with Gasteiger partial charge >= 0.3 is 5.97 Å². The Morgan fingerprint density at radius 3 is 2.75 bits per heavy atom. The molecule has 2 heterocycles. The number of likely N-dealkylation sites (tertiary alicyclic amines) is 1. The van der Waals surface area contributed by atoms with Gasteiger partial charge in [0.15, 0.2) is 5.13 Å². The number of piperidine rings is 1. The summed E-state index contributed by atoms with van der Waals surface area (Å²) in [5.74, 6) is -0.232. The van der Waals surface area contributed by atoms with Crippen LogP contribution < -0.4 is 5.32 Å². The van der Waals surface area contributed by atoms with Gasteiger partial charge in [-0.1, -0.05) is 0 Å². The van der Waals surface area contributed by atoms with Crippen molar-refractivity contribution in [3.63, 3.8) is 0 Å². The van der Waals surface area contributed by atoms with Gasteiger partial charge in [0.1, 0.15) is 0 Å². The lowest BCUT2D eigenvalue weighted by atomic mass is 9.97. The molecular weight excluding hydrogens is 278 g/mol. The predicted octanol–water partition coefficient (Wildman–Crippen LogP) is 1.28. The van der Waals surface area contributed by atoms with Gasteiger partial charge in [-0.05, 0) is 32.9 Å². The van der Waals surface area contributed by atoms with Crippen LogP contribution in [0.4, 0.5) is 5.13 Å². The average molecular weight is 297 g/mol. The fourth-order valence-corrected chi connectivity index (χ4v) is 2.97. The van der Waals surface area contributed by atoms with E-state index < -0.39 is 0 Å². The van der Waals surface area contributed by atoms with E-state index in [0.717, 1.165) is 31.6 Å². The maximum Gasteiger partial charge on any atom is 0.308 e. The van der Waals surface area contributed by atoms with Crippen LogP contribution in [0.3, 0.4) is 0 Å². The lowest BCUT2D eigenvalue weighted by Crippen LogP contribution is -2.41. The van der Waals surface area contributed by atoms with Gasteiger partial charge in [0, 0.05) is 5.38 Å². The number of ether oxygens (including phenoxy) is 1. The zero-order chi connectivity index (χ0) is 14.5. The van der Waals surface area contributed by atoms with E-state index in [0.29, 0.717) is 11.7 Å². The van der Waals surface area contributed by atoms with Crippen LogP contribution in [0.1, 0.15) is 18.5 Å². The fourth-order valence-electron chi connectivity index (χ4n) is 2.27. The van der Waals surface area contributed by atoms with E-state index in [2.05, 4.69) is 15.2 Å². The van der Waals surface area contributed by atoms with Crippen molar-refractivity contribution in [3.8, 4) is 0 Å². The van der Waals surface area contributed by atoms with Crippen molar-refractivity contribution < 1.29 is 14.3 Å². The Morgan fingerprint density at radius 1 is 1.50 bits per heavy atom. The first-order chi connectivity index (χ1) is 9.58. The summed E-state index contributed by atoms with van der Waals surface area (Å²) in [6.45, 7) is 3.71. The molecule has 1 aromatic heterocycles. The van der Waals surface area contributed by atoms with Gasteiger partial charge in [-0.15, -0.1) is 11.3 Å². The molecule has 0 aliphatic carbocycles. The van der Waals surface area contributed by atoms with Crippen molar-refractivity contribution in [3.05, 3.63) is 11.1 Å². The quantitative estimate of drug-likeness (QED) is 0.848. The third-order valence-corrected chi connectivity index (χ3v) is 4.23. The maximum absolute atomic E-state index is 11.9. The summed E-state index contributed by atoms with van der Waals surface area (Å²) in [7, 11) is 1.41. The number of thiazole rings is 1. The highest BCUT2D eigenvalue weighted by atomic mass is 32.1. The number of hydrogen-bond acceptors (Lipinski definition) is 6. The van der Waals surface area contributed by atoms with E-state index in [1.807, 2.05) is 12.3 Å². The van der Waals surface area contributed by atoms with Crippen molar-refractivity contribution >= 4 is 28.3 Å².